The third-order valence-corrected chi connectivity index (χ3v) is 8.75. The van der Waals surface area contributed by atoms with E-state index in [1.807, 2.05) is 0 Å². The molecule has 49 heavy (non-hydrogen) atoms. The third kappa shape index (κ3) is 20.1. The van der Waals surface area contributed by atoms with Crippen LogP contribution in [0.4, 0.5) is 4.79 Å². The van der Waals surface area contributed by atoms with E-state index in [1.165, 1.54) is 58.8 Å². The summed E-state index contributed by atoms with van der Waals surface area (Å²) in [5.74, 6) is -3.49. The molecule has 0 radical (unpaired) electrons. The maximum atomic E-state index is 13.2. The molecular weight excluding hydrogens is 630 g/mol. The van der Waals surface area contributed by atoms with E-state index in [0.717, 1.165) is 25.7 Å². The number of aliphatic hydroxyl groups is 3. The zero-order valence-corrected chi connectivity index (χ0v) is 32.2. The Hall–Kier alpha value is -2.44. The van der Waals surface area contributed by atoms with Gasteiger partial charge in [-0.25, -0.2) is 9.59 Å². The van der Waals surface area contributed by atoms with Gasteiger partial charge in [0.2, 0.25) is 11.8 Å². The number of hydrogen-bond donors (Lipinski definition) is 6. The van der Waals surface area contributed by atoms with Crippen LogP contribution in [-0.2, 0) is 23.9 Å². The number of hydrogen-bond acceptors (Lipinski definition) is 9. The first-order chi connectivity index (χ1) is 22.9. The second kappa shape index (κ2) is 24.7. The van der Waals surface area contributed by atoms with Crippen LogP contribution in [0.2, 0.25) is 0 Å². The largest absolute Gasteiger partial charge is 0.460 e. The molecule has 288 valence electrons. The lowest BCUT2D eigenvalue weighted by Crippen LogP contribution is -2.60. The number of carbonyl (C=O) groups excluding carboxylic acids is 4. The molecule has 3 amide bonds. The Bertz CT molecular complexity index is 954. The number of ether oxygens (including phenoxy) is 2. The second-order valence-electron chi connectivity index (χ2n) is 15.1. The Morgan fingerprint density at radius 3 is 1.63 bits per heavy atom. The van der Waals surface area contributed by atoms with Crippen molar-refractivity contribution in [3.8, 4) is 0 Å². The highest BCUT2D eigenvalue weighted by molar-refractivity contribution is 5.93. The van der Waals surface area contributed by atoms with Gasteiger partial charge in [0.05, 0.1) is 12.2 Å². The monoisotopic (exact) mass is 702 g/mol. The van der Waals surface area contributed by atoms with Gasteiger partial charge >= 0.3 is 12.1 Å². The molecule has 0 bridgehead atoms. The van der Waals surface area contributed by atoms with Crippen molar-refractivity contribution in [2.24, 2.45) is 17.8 Å². The Labute approximate surface area is 296 Å². The summed E-state index contributed by atoms with van der Waals surface area (Å²) in [6, 6.07) is -3.62. The number of esters is 1. The first-order valence-corrected chi connectivity index (χ1v) is 18.6. The van der Waals surface area contributed by atoms with Gasteiger partial charge in [-0.1, -0.05) is 98.8 Å². The normalized spacial score (nSPS) is 16.8. The average Bonchev–Trinajstić information content (AvgIpc) is 3.01. The van der Waals surface area contributed by atoms with E-state index in [2.05, 4.69) is 22.9 Å². The zero-order chi connectivity index (χ0) is 37.7. The molecule has 6 N–H and O–H groups in total. The van der Waals surface area contributed by atoms with Gasteiger partial charge in [0.15, 0.2) is 0 Å². The zero-order valence-electron chi connectivity index (χ0n) is 32.2. The first kappa shape index (κ1) is 46.6. The van der Waals surface area contributed by atoms with Crippen molar-refractivity contribution in [2.75, 3.05) is 6.61 Å². The van der Waals surface area contributed by atoms with Crippen molar-refractivity contribution in [1.29, 1.82) is 0 Å². The van der Waals surface area contributed by atoms with E-state index in [-0.39, 0.29) is 12.5 Å². The van der Waals surface area contributed by atoms with Crippen LogP contribution in [0.25, 0.3) is 0 Å². The van der Waals surface area contributed by atoms with E-state index in [9.17, 15) is 34.5 Å². The van der Waals surface area contributed by atoms with Crippen LogP contribution in [0.1, 0.15) is 146 Å². The number of amides is 3. The molecule has 0 aromatic heterocycles. The smallest absolute Gasteiger partial charge is 0.408 e. The van der Waals surface area contributed by atoms with Crippen LogP contribution in [0.5, 0.6) is 0 Å². The van der Waals surface area contributed by atoms with Crippen molar-refractivity contribution in [1.82, 2.24) is 16.0 Å². The standard InChI is InChI=1S/C37H71N3O9/c1-11-12-13-14-15-16-17-18-19-20-21-22-29(26(5)32(43)25(4)23-41)48-35(46)27(6)38-34(45)31(28(7)42)39-33(44)30(24(2)3)40-36(47)49-37(8,9)10/h24-32,41-43H,11-23H2,1-10H3,(H,38,45)(H,39,44)(H,40,47)/t25-,26-,27-,28+,29+,30-,31-,32-/m0/s1. The first-order valence-electron chi connectivity index (χ1n) is 18.6. The van der Waals surface area contributed by atoms with E-state index < -0.39 is 77.8 Å². The Morgan fingerprint density at radius 2 is 1.18 bits per heavy atom. The fraction of sp³-hybridized carbons (Fsp3) is 0.892. The highest BCUT2D eigenvalue weighted by Gasteiger charge is 2.35. The van der Waals surface area contributed by atoms with Gasteiger partial charge in [0.1, 0.15) is 29.8 Å². The molecule has 0 aliphatic heterocycles. The molecule has 0 spiro atoms. The molecule has 0 heterocycles. The highest BCUT2D eigenvalue weighted by Crippen LogP contribution is 2.24. The fourth-order valence-electron chi connectivity index (χ4n) is 5.52. The van der Waals surface area contributed by atoms with Gasteiger partial charge in [0.25, 0.3) is 0 Å². The van der Waals surface area contributed by atoms with E-state index in [0.29, 0.717) is 6.42 Å². The minimum absolute atomic E-state index is 0.214. The molecule has 0 aliphatic rings. The van der Waals surface area contributed by atoms with Gasteiger partial charge < -0.3 is 40.7 Å². The van der Waals surface area contributed by atoms with Crippen molar-refractivity contribution in [2.45, 2.75) is 188 Å². The summed E-state index contributed by atoms with van der Waals surface area (Å²) < 4.78 is 11.1. The Kier molecular flexibility index (Phi) is 23.4. The van der Waals surface area contributed by atoms with Crippen LogP contribution in [0, 0.1) is 17.8 Å². The molecular formula is C37H71N3O9. The molecule has 0 rings (SSSR count). The van der Waals surface area contributed by atoms with Crippen molar-refractivity contribution in [3.05, 3.63) is 0 Å². The summed E-state index contributed by atoms with van der Waals surface area (Å²) >= 11 is 0. The lowest BCUT2D eigenvalue weighted by atomic mass is 9.87. The predicted molar refractivity (Wildman–Crippen MR) is 192 cm³/mol. The van der Waals surface area contributed by atoms with E-state index in [1.54, 1.807) is 48.5 Å². The van der Waals surface area contributed by atoms with Gasteiger partial charge in [-0.2, -0.15) is 0 Å². The molecule has 0 saturated heterocycles. The highest BCUT2D eigenvalue weighted by atomic mass is 16.6. The minimum atomic E-state index is -1.43. The number of unbranched alkanes of at least 4 members (excludes halogenated alkanes) is 10. The number of aliphatic hydroxyl groups excluding tert-OH is 3. The van der Waals surface area contributed by atoms with Gasteiger partial charge in [0, 0.05) is 18.4 Å². The lowest BCUT2D eigenvalue weighted by molar-refractivity contribution is -0.159. The maximum Gasteiger partial charge on any atom is 0.408 e. The Morgan fingerprint density at radius 1 is 0.694 bits per heavy atom. The number of rotatable bonds is 25. The van der Waals surface area contributed by atoms with Gasteiger partial charge in [-0.15, -0.1) is 0 Å². The summed E-state index contributed by atoms with van der Waals surface area (Å²) in [5, 5.41) is 38.3. The van der Waals surface area contributed by atoms with Gasteiger partial charge in [-0.05, 0) is 53.4 Å². The third-order valence-electron chi connectivity index (χ3n) is 8.75. The molecule has 8 atom stereocenters. The Balaban J connectivity index is 5.33. The van der Waals surface area contributed by atoms with Gasteiger partial charge in [-0.3, -0.25) is 9.59 Å². The predicted octanol–water partition coefficient (Wildman–Crippen LogP) is 5.14. The quantitative estimate of drug-likeness (QED) is 0.0554. The van der Waals surface area contributed by atoms with Crippen molar-refractivity contribution >= 4 is 23.9 Å². The van der Waals surface area contributed by atoms with Crippen LogP contribution < -0.4 is 16.0 Å². The van der Waals surface area contributed by atoms with Crippen LogP contribution in [-0.4, -0.2) is 87.8 Å². The number of carbonyl (C=O) groups is 4. The van der Waals surface area contributed by atoms with Crippen molar-refractivity contribution in [3.63, 3.8) is 0 Å². The van der Waals surface area contributed by atoms with E-state index in [4.69, 9.17) is 9.47 Å². The summed E-state index contributed by atoms with van der Waals surface area (Å²) in [4.78, 5) is 51.9. The SMILES string of the molecule is CCCCCCCCCCCCC[C@@H](OC(=O)[C@H](C)NC(=O)[C@@H](NC(=O)[C@@H](NC(=O)OC(C)(C)C)C(C)C)[C@@H](C)O)[C@H](C)[C@@H](O)[C@@H](C)CO. The average molecular weight is 702 g/mol. The molecule has 0 saturated carbocycles. The number of nitrogens with one attached hydrogen (secondary N) is 3. The molecule has 0 aromatic carbocycles. The molecule has 0 aliphatic carbocycles. The summed E-state index contributed by atoms with van der Waals surface area (Å²) in [6.07, 6.45) is 9.71. The van der Waals surface area contributed by atoms with Crippen molar-refractivity contribution < 1.29 is 44.0 Å². The molecule has 0 fully saturated rings. The summed E-state index contributed by atoms with van der Waals surface area (Å²) in [6.45, 7) is 16.8. The molecule has 12 heteroatoms. The fourth-order valence-corrected chi connectivity index (χ4v) is 5.52. The molecule has 12 nitrogen and oxygen atoms in total. The van der Waals surface area contributed by atoms with E-state index >= 15 is 0 Å². The number of alkyl carbamates (subject to hydrolysis) is 1. The second-order valence-corrected chi connectivity index (χ2v) is 15.1. The molecule has 0 unspecified atom stereocenters. The maximum absolute atomic E-state index is 13.2. The van der Waals surface area contributed by atoms with Crippen LogP contribution in [0.3, 0.4) is 0 Å². The van der Waals surface area contributed by atoms with Crippen LogP contribution in [0.15, 0.2) is 0 Å². The van der Waals surface area contributed by atoms with Crippen LogP contribution >= 0.6 is 0 Å². The summed E-state index contributed by atoms with van der Waals surface area (Å²) in [5.41, 5.74) is -0.784. The molecule has 0 aromatic rings. The lowest BCUT2D eigenvalue weighted by Gasteiger charge is -2.32. The minimum Gasteiger partial charge on any atom is -0.460 e. The summed E-state index contributed by atoms with van der Waals surface area (Å²) in [7, 11) is 0. The topological polar surface area (TPSA) is 184 Å².